The molecule has 0 saturated carbocycles. The third-order valence-electron chi connectivity index (χ3n) is 5.15. The molecule has 0 saturated heterocycles. The van der Waals surface area contributed by atoms with Crippen LogP contribution in [-0.2, 0) is 26.2 Å². The van der Waals surface area contributed by atoms with E-state index in [1.807, 2.05) is 45.0 Å². The molecule has 2 aromatic carbocycles. The van der Waals surface area contributed by atoms with Gasteiger partial charge in [0.05, 0.1) is 11.4 Å². The second kappa shape index (κ2) is 10.5. The lowest BCUT2D eigenvalue weighted by molar-refractivity contribution is -0.141. The van der Waals surface area contributed by atoms with Gasteiger partial charge >= 0.3 is 0 Å². The van der Waals surface area contributed by atoms with Crippen molar-refractivity contribution in [1.29, 1.82) is 0 Å². The zero-order chi connectivity index (χ0) is 23.2. The number of nitrogens with zero attached hydrogens (tertiary/aromatic N) is 2. The van der Waals surface area contributed by atoms with Gasteiger partial charge in [-0.2, -0.15) is 4.31 Å². The molecule has 2 rings (SSSR count). The fourth-order valence-corrected chi connectivity index (χ4v) is 4.47. The molecule has 0 aliphatic carbocycles. The van der Waals surface area contributed by atoms with Crippen molar-refractivity contribution in [2.24, 2.45) is 0 Å². The van der Waals surface area contributed by atoms with Gasteiger partial charge in [-0.3, -0.25) is 9.59 Å². The van der Waals surface area contributed by atoms with Crippen molar-refractivity contribution in [2.45, 2.75) is 44.7 Å². The minimum atomic E-state index is -3.84. The topological polar surface area (TPSA) is 86.8 Å². The van der Waals surface area contributed by atoms with Crippen molar-refractivity contribution in [3.8, 4) is 0 Å². The highest BCUT2D eigenvalue weighted by Crippen LogP contribution is 2.18. The highest BCUT2D eigenvalue weighted by molar-refractivity contribution is 7.89. The first-order chi connectivity index (χ1) is 14.6. The summed E-state index contributed by atoms with van der Waals surface area (Å²) < 4.78 is 26.8. The number of aryl methyl sites for hydroxylation is 2. The van der Waals surface area contributed by atoms with Crippen LogP contribution in [0, 0.1) is 13.8 Å². The van der Waals surface area contributed by atoms with Crippen LogP contribution in [0.3, 0.4) is 0 Å². The largest absolute Gasteiger partial charge is 0.357 e. The molecule has 7 nitrogen and oxygen atoms in total. The lowest BCUT2D eigenvalue weighted by atomic mass is 10.1. The van der Waals surface area contributed by atoms with Gasteiger partial charge in [-0.15, -0.1) is 0 Å². The van der Waals surface area contributed by atoms with Gasteiger partial charge in [0, 0.05) is 20.6 Å². The molecule has 31 heavy (non-hydrogen) atoms. The van der Waals surface area contributed by atoms with Crippen LogP contribution < -0.4 is 5.32 Å². The first-order valence-electron chi connectivity index (χ1n) is 10.2. The molecule has 8 heteroatoms. The zero-order valence-corrected chi connectivity index (χ0v) is 19.6. The molecule has 0 aliphatic rings. The van der Waals surface area contributed by atoms with Crippen LogP contribution in [0.4, 0.5) is 0 Å². The van der Waals surface area contributed by atoms with Crippen molar-refractivity contribution in [3.63, 3.8) is 0 Å². The maximum absolute atomic E-state index is 13.2. The molecule has 2 aromatic rings. The molecule has 0 radical (unpaired) electrons. The van der Waals surface area contributed by atoms with Crippen molar-refractivity contribution in [1.82, 2.24) is 14.5 Å². The predicted octanol–water partition coefficient (Wildman–Crippen LogP) is 2.48. The van der Waals surface area contributed by atoms with Gasteiger partial charge in [-0.05, 0) is 38.0 Å². The van der Waals surface area contributed by atoms with Crippen LogP contribution in [0.2, 0.25) is 0 Å². The molecule has 1 atom stereocenters. The molecule has 1 N–H and O–H groups in total. The normalized spacial score (nSPS) is 12.5. The summed E-state index contributed by atoms with van der Waals surface area (Å²) in [4.78, 5) is 27.3. The minimum absolute atomic E-state index is 0.122. The second-order valence-electron chi connectivity index (χ2n) is 7.62. The summed E-state index contributed by atoms with van der Waals surface area (Å²) >= 11 is 0. The van der Waals surface area contributed by atoms with Gasteiger partial charge in [0.2, 0.25) is 21.8 Å². The number of hydrogen-bond acceptors (Lipinski definition) is 4. The number of rotatable bonds is 9. The van der Waals surface area contributed by atoms with E-state index in [-0.39, 0.29) is 23.9 Å². The maximum Gasteiger partial charge on any atom is 0.243 e. The van der Waals surface area contributed by atoms with E-state index < -0.39 is 22.0 Å². The van der Waals surface area contributed by atoms with Crippen molar-refractivity contribution in [2.75, 3.05) is 20.6 Å². The average molecular weight is 446 g/mol. The molecule has 0 bridgehead atoms. The fourth-order valence-electron chi connectivity index (χ4n) is 3.35. The Hall–Kier alpha value is -2.71. The summed E-state index contributed by atoms with van der Waals surface area (Å²) in [6.07, 6.45) is 0.408. The van der Waals surface area contributed by atoms with Crippen LogP contribution in [-0.4, -0.2) is 56.1 Å². The van der Waals surface area contributed by atoms with E-state index in [9.17, 15) is 18.0 Å². The summed E-state index contributed by atoms with van der Waals surface area (Å²) in [6, 6.07) is 13.4. The van der Waals surface area contributed by atoms with E-state index in [0.29, 0.717) is 6.42 Å². The fraction of sp³-hybridized carbons (Fsp3) is 0.391. The number of benzene rings is 2. The monoisotopic (exact) mass is 445 g/mol. The predicted molar refractivity (Wildman–Crippen MR) is 121 cm³/mol. The van der Waals surface area contributed by atoms with Crippen LogP contribution in [0.15, 0.2) is 53.4 Å². The van der Waals surface area contributed by atoms with Crippen LogP contribution in [0.1, 0.15) is 30.0 Å². The molecule has 2 amide bonds. The van der Waals surface area contributed by atoms with Crippen LogP contribution in [0.5, 0.6) is 0 Å². The third-order valence-corrected chi connectivity index (χ3v) is 6.97. The molecule has 0 unspecified atom stereocenters. The second-order valence-corrected chi connectivity index (χ2v) is 9.67. The lowest BCUT2D eigenvalue weighted by Gasteiger charge is -2.31. The Labute approximate surface area is 185 Å². The molecule has 0 aliphatic heterocycles. The molecule has 168 valence electrons. The Morgan fingerprint density at radius 1 is 1.03 bits per heavy atom. The SMILES string of the molecule is CC[C@H](C(=O)NC)N(Cc1cccc(C)c1)C(=O)CN(C)S(=O)(=O)c1ccc(C)cc1. The molecule has 0 fully saturated rings. The van der Waals surface area contributed by atoms with Crippen LogP contribution in [0.25, 0.3) is 0 Å². The average Bonchev–Trinajstić information content (AvgIpc) is 2.73. The van der Waals surface area contributed by atoms with Crippen molar-refractivity contribution < 1.29 is 18.0 Å². The van der Waals surface area contributed by atoms with E-state index in [2.05, 4.69) is 5.32 Å². The van der Waals surface area contributed by atoms with E-state index in [1.54, 1.807) is 12.1 Å². The van der Waals surface area contributed by atoms with Crippen molar-refractivity contribution in [3.05, 3.63) is 65.2 Å². The molecule has 0 heterocycles. The quantitative estimate of drug-likeness (QED) is 0.642. The summed E-state index contributed by atoms with van der Waals surface area (Å²) in [6.45, 7) is 5.49. The number of carbonyl (C=O) groups is 2. The van der Waals surface area contributed by atoms with Gasteiger partial charge in [0.25, 0.3) is 0 Å². The van der Waals surface area contributed by atoms with Crippen LogP contribution >= 0.6 is 0 Å². The first kappa shape index (κ1) is 24.6. The molecular weight excluding hydrogens is 414 g/mol. The molecule has 0 spiro atoms. The zero-order valence-electron chi connectivity index (χ0n) is 18.8. The minimum Gasteiger partial charge on any atom is -0.357 e. The van der Waals surface area contributed by atoms with E-state index in [4.69, 9.17) is 0 Å². The first-order valence-corrected chi connectivity index (χ1v) is 11.6. The van der Waals surface area contributed by atoms with E-state index in [1.165, 1.54) is 31.1 Å². The molecular formula is C23H31N3O4S. The maximum atomic E-state index is 13.2. The Bertz CT molecular complexity index is 1020. The van der Waals surface area contributed by atoms with E-state index >= 15 is 0 Å². The summed E-state index contributed by atoms with van der Waals surface area (Å²) in [5.74, 6) is -0.720. The number of likely N-dealkylation sites (N-methyl/N-ethyl adjacent to an activating group) is 2. The van der Waals surface area contributed by atoms with Crippen molar-refractivity contribution >= 4 is 21.8 Å². The Balaban J connectivity index is 2.30. The molecule has 0 aromatic heterocycles. The number of amides is 2. The standard InChI is InChI=1S/C23H31N3O4S/c1-6-21(23(28)24-4)26(15-19-9-7-8-18(3)14-19)22(27)16-25(5)31(29,30)20-12-10-17(2)11-13-20/h7-14,21H,6,15-16H2,1-5H3,(H,24,28)/t21-/m1/s1. The highest BCUT2D eigenvalue weighted by atomic mass is 32.2. The Kier molecular flexibility index (Phi) is 8.36. The smallest absolute Gasteiger partial charge is 0.243 e. The van der Waals surface area contributed by atoms with Gasteiger partial charge in [0.1, 0.15) is 6.04 Å². The lowest BCUT2D eigenvalue weighted by Crippen LogP contribution is -2.51. The number of nitrogens with one attached hydrogen (secondary N) is 1. The highest BCUT2D eigenvalue weighted by Gasteiger charge is 2.31. The van der Waals surface area contributed by atoms with E-state index in [0.717, 1.165) is 21.0 Å². The Morgan fingerprint density at radius 2 is 1.68 bits per heavy atom. The third kappa shape index (κ3) is 6.15. The van der Waals surface area contributed by atoms with Gasteiger partial charge in [-0.25, -0.2) is 8.42 Å². The Morgan fingerprint density at radius 3 is 2.23 bits per heavy atom. The summed E-state index contributed by atoms with van der Waals surface area (Å²) in [5, 5.41) is 2.60. The number of carbonyl (C=O) groups excluding carboxylic acids is 2. The van der Waals surface area contributed by atoms with Gasteiger partial charge < -0.3 is 10.2 Å². The number of hydrogen-bond donors (Lipinski definition) is 1. The van der Waals surface area contributed by atoms with Gasteiger partial charge in [-0.1, -0.05) is 54.4 Å². The van der Waals surface area contributed by atoms with Gasteiger partial charge in [0.15, 0.2) is 0 Å². The summed E-state index contributed by atoms with van der Waals surface area (Å²) in [5.41, 5.74) is 2.86. The summed E-state index contributed by atoms with van der Waals surface area (Å²) in [7, 11) is -0.941. The number of sulfonamides is 1.